The molecule has 1 aromatic carbocycles. The van der Waals surface area contributed by atoms with Crippen molar-refractivity contribution < 1.29 is 14.3 Å². The fourth-order valence-electron chi connectivity index (χ4n) is 2.65. The van der Waals surface area contributed by atoms with Crippen LogP contribution in [0.15, 0.2) is 18.2 Å². The number of Topliss-reactive ketones (excluding diaryl/α,β-unsaturated/α-hetero) is 1. The zero-order valence-electron chi connectivity index (χ0n) is 12.3. The molecular weight excluding hydrogens is 254 g/mol. The lowest BCUT2D eigenvalue weighted by molar-refractivity contribution is -0.141. The van der Waals surface area contributed by atoms with Gasteiger partial charge in [-0.15, -0.1) is 0 Å². The Morgan fingerprint density at radius 3 is 2.85 bits per heavy atom. The number of hydrogen-bond donors (Lipinski definition) is 0. The molecule has 0 bridgehead atoms. The van der Waals surface area contributed by atoms with Gasteiger partial charge in [-0.2, -0.15) is 0 Å². The third kappa shape index (κ3) is 3.00. The number of ketones is 1. The summed E-state index contributed by atoms with van der Waals surface area (Å²) in [6, 6.07) is 5.84. The molecule has 108 valence electrons. The molecular formula is C16H21NO3. The normalized spacial score (nSPS) is 15.4. The summed E-state index contributed by atoms with van der Waals surface area (Å²) < 4.78 is 4.61. The van der Waals surface area contributed by atoms with Gasteiger partial charge in [0.05, 0.1) is 13.5 Å². The Morgan fingerprint density at radius 2 is 2.15 bits per heavy atom. The van der Waals surface area contributed by atoms with Crippen molar-refractivity contribution in [2.75, 3.05) is 25.6 Å². The van der Waals surface area contributed by atoms with E-state index in [-0.39, 0.29) is 24.1 Å². The largest absolute Gasteiger partial charge is 0.469 e. The van der Waals surface area contributed by atoms with Gasteiger partial charge in [0.1, 0.15) is 0 Å². The lowest BCUT2D eigenvalue weighted by Gasteiger charge is -2.27. The van der Waals surface area contributed by atoms with E-state index in [1.165, 1.54) is 18.4 Å². The molecule has 0 saturated carbocycles. The first-order chi connectivity index (χ1) is 9.52. The summed E-state index contributed by atoms with van der Waals surface area (Å²) in [6.45, 7) is 2.82. The standard InChI is InChI=1S/C16H21NO3/c1-11(9-15(18)20-3)16(19)13-6-7-14-12(10-13)5-4-8-17(14)2/h6-7,10-11H,4-5,8-9H2,1-3H3. The second-order valence-corrected chi connectivity index (χ2v) is 5.41. The fraction of sp³-hybridized carbons (Fsp3) is 0.500. The summed E-state index contributed by atoms with van der Waals surface area (Å²) in [7, 11) is 3.41. The monoisotopic (exact) mass is 275 g/mol. The highest BCUT2D eigenvalue weighted by Crippen LogP contribution is 2.27. The maximum Gasteiger partial charge on any atom is 0.306 e. The number of anilines is 1. The highest BCUT2D eigenvalue weighted by molar-refractivity contribution is 5.99. The first kappa shape index (κ1) is 14.6. The van der Waals surface area contributed by atoms with Gasteiger partial charge in [-0.1, -0.05) is 6.92 Å². The van der Waals surface area contributed by atoms with E-state index in [2.05, 4.69) is 16.7 Å². The van der Waals surface area contributed by atoms with Crippen LogP contribution in [0.5, 0.6) is 0 Å². The van der Waals surface area contributed by atoms with Crippen molar-refractivity contribution in [2.45, 2.75) is 26.2 Å². The number of fused-ring (bicyclic) bond motifs is 1. The number of aryl methyl sites for hydroxylation is 1. The maximum absolute atomic E-state index is 12.3. The molecule has 1 aromatic rings. The molecule has 20 heavy (non-hydrogen) atoms. The predicted molar refractivity (Wildman–Crippen MR) is 78.2 cm³/mol. The van der Waals surface area contributed by atoms with Gasteiger partial charge in [0.25, 0.3) is 0 Å². The average molecular weight is 275 g/mol. The quantitative estimate of drug-likeness (QED) is 0.625. The number of rotatable bonds is 4. The van der Waals surface area contributed by atoms with Crippen LogP contribution in [0.25, 0.3) is 0 Å². The van der Waals surface area contributed by atoms with Crippen molar-refractivity contribution in [1.82, 2.24) is 0 Å². The Hall–Kier alpha value is -1.84. The van der Waals surface area contributed by atoms with E-state index in [0.29, 0.717) is 5.56 Å². The van der Waals surface area contributed by atoms with Crippen molar-refractivity contribution in [3.05, 3.63) is 29.3 Å². The van der Waals surface area contributed by atoms with Crippen LogP contribution in [-0.2, 0) is 16.0 Å². The molecule has 1 aliphatic rings. The number of hydrogen-bond acceptors (Lipinski definition) is 4. The van der Waals surface area contributed by atoms with E-state index in [4.69, 9.17) is 0 Å². The minimum atomic E-state index is -0.346. The number of methoxy groups -OCH3 is 1. The van der Waals surface area contributed by atoms with Gasteiger partial charge in [0.2, 0.25) is 0 Å². The van der Waals surface area contributed by atoms with Crippen molar-refractivity contribution in [3.8, 4) is 0 Å². The average Bonchev–Trinajstić information content (AvgIpc) is 2.46. The minimum absolute atomic E-state index is 0.00595. The molecule has 0 amide bonds. The number of carbonyl (C=O) groups excluding carboxylic acids is 2. The molecule has 0 saturated heterocycles. The van der Waals surface area contributed by atoms with Crippen LogP contribution >= 0.6 is 0 Å². The maximum atomic E-state index is 12.3. The van der Waals surface area contributed by atoms with Gasteiger partial charge in [-0.3, -0.25) is 9.59 Å². The van der Waals surface area contributed by atoms with Gasteiger partial charge in [-0.25, -0.2) is 0 Å². The van der Waals surface area contributed by atoms with Gasteiger partial charge in [0, 0.05) is 30.8 Å². The van der Waals surface area contributed by atoms with Gasteiger partial charge >= 0.3 is 5.97 Å². The van der Waals surface area contributed by atoms with Crippen molar-refractivity contribution in [3.63, 3.8) is 0 Å². The van der Waals surface area contributed by atoms with Gasteiger partial charge in [-0.05, 0) is 36.6 Å². The third-order valence-corrected chi connectivity index (χ3v) is 3.86. The predicted octanol–water partition coefficient (Wildman–Crippen LogP) is 2.45. The summed E-state index contributed by atoms with van der Waals surface area (Å²) in [6.07, 6.45) is 2.25. The smallest absolute Gasteiger partial charge is 0.306 e. The van der Waals surface area contributed by atoms with E-state index in [1.54, 1.807) is 6.92 Å². The molecule has 1 unspecified atom stereocenters. The first-order valence-corrected chi connectivity index (χ1v) is 6.98. The molecule has 0 aromatic heterocycles. The van der Waals surface area contributed by atoms with Crippen LogP contribution in [0, 0.1) is 5.92 Å². The van der Waals surface area contributed by atoms with Crippen LogP contribution in [0.2, 0.25) is 0 Å². The van der Waals surface area contributed by atoms with E-state index < -0.39 is 0 Å². The molecule has 1 aliphatic heterocycles. The fourth-order valence-corrected chi connectivity index (χ4v) is 2.65. The Kier molecular flexibility index (Phi) is 4.42. The SMILES string of the molecule is COC(=O)CC(C)C(=O)c1ccc2c(c1)CCCN2C. The summed E-state index contributed by atoms with van der Waals surface area (Å²) in [5.74, 6) is -0.684. The van der Waals surface area contributed by atoms with Crippen molar-refractivity contribution in [1.29, 1.82) is 0 Å². The minimum Gasteiger partial charge on any atom is -0.469 e. The highest BCUT2D eigenvalue weighted by Gasteiger charge is 2.21. The van der Waals surface area contributed by atoms with E-state index in [0.717, 1.165) is 19.4 Å². The second kappa shape index (κ2) is 6.07. The lowest BCUT2D eigenvalue weighted by atomic mass is 9.92. The van der Waals surface area contributed by atoms with E-state index in [9.17, 15) is 9.59 Å². The number of carbonyl (C=O) groups is 2. The Balaban J connectivity index is 2.17. The zero-order chi connectivity index (χ0) is 14.7. The molecule has 2 rings (SSSR count). The lowest BCUT2D eigenvalue weighted by Crippen LogP contribution is -2.25. The second-order valence-electron chi connectivity index (χ2n) is 5.41. The molecule has 0 aliphatic carbocycles. The zero-order valence-corrected chi connectivity index (χ0v) is 12.3. The molecule has 0 radical (unpaired) electrons. The van der Waals surface area contributed by atoms with Crippen molar-refractivity contribution >= 4 is 17.4 Å². The number of nitrogens with zero attached hydrogens (tertiary/aromatic N) is 1. The van der Waals surface area contributed by atoms with Crippen LogP contribution in [-0.4, -0.2) is 32.5 Å². The summed E-state index contributed by atoms with van der Waals surface area (Å²) in [5, 5.41) is 0. The molecule has 1 heterocycles. The topological polar surface area (TPSA) is 46.6 Å². The summed E-state index contributed by atoms with van der Waals surface area (Å²) in [4.78, 5) is 25.8. The number of ether oxygens (including phenoxy) is 1. The first-order valence-electron chi connectivity index (χ1n) is 6.98. The van der Waals surface area contributed by atoms with E-state index >= 15 is 0 Å². The Morgan fingerprint density at radius 1 is 1.40 bits per heavy atom. The highest BCUT2D eigenvalue weighted by atomic mass is 16.5. The molecule has 0 N–H and O–H groups in total. The molecule has 4 heteroatoms. The molecule has 4 nitrogen and oxygen atoms in total. The summed E-state index contributed by atoms with van der Waals surface area (Å²) in [5.41, 5.74) is 3.11. The van der Waals surface area contributed by atoms with Gasteiger partial charge in [0.15, 0.2) is 5.78 Å². The van der Waals surface area contributed by atoms with Crippen molar-refractivity contribution in [2.24, 2.45) is 5.92 Å². The number of benzene rings is 1. The van der Waals surface area contributed by atoms with Crippen LogP contribution in [0.1, 0.15) is 35.7 Å². The van der Waals surface area contributed by atoms with Crippen LogP contribution in [0.3, 0.4) is 0 Å². The van der Waals surface area contributed by atoms with Crippen LogP contribution < -0.4 is 4.90 Å². The Labute approximate surface area is 119 Å². The molecule has 0 spiro atoms. The van der Waals surface area contributed by atoms with Crippen LogP contribution in [0.4, 0.5) is 5.69 Å². The Bertz CT molecular complexity index is 524. The van der Waals surface area contributed by atoms with E-state index in [1.807, 2.05) is 18.2 Å². The summed E-state index contributed by atoms with van der Waals surface area (Å²) >= 11 is 0. The molecule has 0 fully saturated rings. The third-order valence-electron chi connectivity index (χ3n) is 3.86. The van der Waals surface area contributed by atoms with Gasteiger partial charge < -0.3 is 9.64 Å². The molecule has 1 atom stereocenters. The number of esters is 1.